The first-order valence-corrected chi connectivity index (χ1v) is 7.77. The van der Waals surface area contributed by atoms with Crippen molar-refractivity contribution in [2.75, 3.05) is 6.54 Å². The predicted octanol–water partition coefficient (Wildman–Crippen LogP) is 2.67. The minimum absolute atomic E-state index is 0.0524. The van der Waals surface area contributed by atoms with Crippen LogP contribution >= 0.6 is 15.9 Å². The van der Waals surface area contributed by atoms with E-state index in [4.69, 9.17) is 0 Å². The van der Waals surface area contributed by atoms with Crippen LogP contribution < -0.4 is 5.32 Å². The van der Waals surface area contributed by atoms with Crippen LogP contribution in [0.4, 0.5) is 0 Å². The second-order valence-corrected chi connectivity index (χ2v) is 6.49. The molecule has 0 saturated carbocycles. The molecule has 0 aromatic carbocycles. The van der Waals surface area contributed by atoms with Gasteiger partial charge in [-0.15, -0.1) is 0 Å². The summed E-state index contributed by atoms with van der Waals surface area (Å²) in [5, 5.41) is 7.42. The van der Waals surface area contributed by atoms with Gasteiger partial charge < -0.3 is 9.88 Å². The Labute approximate surface area is 133 Å². The van der Waals surface area contributed by atoms with Gasteiger partial charge in [-0.3, -0.25) is 9.48 Å². The Morgan fingerprint density at radius 3 is 2.67 bits per heavy atom. The molecule has 0 spiro atoms. The smallest absolute Gasteiger partial charge is 0.267 e. The molecule has 0 aliphatic heterocycles. The van der Waals surface area contributed by atoms with E-state index >= 15 is 0 Å². The summed E-state index contributed by atoms with van der Waals surface area (Å²) >= 11 is 3.37. The molecule has 0 fully saturated rings. The van der Waals surface area contributed by atoms with Crippen molar-refractivity contribution in [2.45, 2.75) is 27.3 Å². The normalized spacial score (nSPS) is 12.4. The Hall–Kier alpha value is -1.56. The number of hydrogen-bond acceptors (Lipinski definition) is 2. The average molecular weight is 353 g/mol. The fourth-order valence-corrected chi connectivity index (χ4v) is 2.85. The van der Waals surface area contributed by atoms with Gasteiger partial charge in [0.2, 0.25) is 0 Å². The molecule has 2 heterocycles. The van der Waals surface area contributed by atoms with Crippen LogP contribution in [0.15, 0.2) is 22.8 Å². The highest BCUT2D eigenvalue weighted by atomic mass is 79.9. The molecule has 2 rings (SSSR count). The standard InChI is InChI=1S/C15H21BrN4O/c1-10(8-20-12(3)5-11(2)18-20)7-17-15(21)14-6-13(16)9-19(14)4/h5-6,9-10H,7-8H2,1-4H3,(H,17,21). The highest BCUT2D eigenvalue weighted by Gasteiger charge is 2.13. The van der Waals surface area contributed by atoms with Gasteiger partial charge in [0.05, 0.1) is 5.69 Å². The van der Waals surface area contributed by atoms with Crippen molar-refractivity contribution in [1.82, 2.24) is 19.7 Å². The second kappa shape index (κ2) is 6.47. The number of amides is 1. The summed E-state index contributed by atoms with van der Waals surface area (Å²) in [5.41, 5.74) is 2.83. The quantitative estimate of drug-likeness (QED) is 0.899. The first-order valence-electron chi connectivity index (χ1n) is 6.98. The van der Waals surface area contributed by atoms with Gasteiger partial charge in [0.15, 0.2) is 0 Å². The number of hydrogen-bond donors (Lipinski definition) is 1. The summed E-state index contributed by atoms with van der Waals surface area (Å²) in [6, 6.07) is 3.88. The summed E-state index contributed by atoms with van der Waals surface area (Å²) in [4.78, 5) is 12.1. The van der Waals surface area contributed by atoms with E-state index in [1.165, 1.54) is 0 Å². The van der Waals surface area contributed by atoms with Crippen molar-refractivity contribution in [1.29, 1.82) is 0 Å². The third kappa shape index (κ3) is 3.97. The van der Waals surface area contributed by atoms with Crippen LogP contribution in [0.2, 0.25) is 0 Å². The topological polar surface area (TPSA) is 51.9 Å². The molecule has 1 atom stereocenters. The predicted molar refractivity (Wildman–Crippen MR) is 86.3 cm³/mol. The molecule has 0 aliphatic rings. The Balaban J connectivity index is 1.89. The zero-order chi connectivity index (χ0) is 15.6. The highest BCUT2D eigenvalue weighted by molar-refractivity contribution is 9.10. The molecule has 0 radical (unpaired) electrons. The van der Waals surface area contributed by atoms with Crippen LogP contribution in [0.1, 0.15) is 28.8 Å². The summed E-state index contributed by atoms with van der Waals surface area (Å²) in [7, 11) is 1.86. The van der Waals surface area contributed by atoms with E-state index < -0.39 is 0 Å². The van der Waals surface area contributed by atoms with Crippen LogP contribution in [0.25, 0.3) is 0 Å². The van der Waals surface area contributed by atoms with E-state index in [9.17, 15) is 4.79 Å². The van der Waals surface area contributed by atoms with Crippen LogP contribution in [0.5, 0.6) is 0 Å². The van der Waals surface area contributed by atoms with Gasteiger partial charge >= 0.3 is 0 Å². The third-order valence-electron chi connectivity index (χ3n) is 3.40. The van der Waals surface area contributed by atoms with E-state index in [1.54, 1.807) is 0 Å². The molecule has 21 heavy (non-hydrogen) atoms. The maximum Gasteiger partial charge on any atom is 0.267 e. The zero-order valence-electron chi connectivity index (χ0n) is 12.9. The molecular formula is C15H21BrN4O. The van der Waals surface area contributed by atoms with E-state index in [-0.39, 0.29) is 5.91 Å². The van der Waals surface area contributed by atoms with E-state index in [0.717, 1.165) is 22.4 Å². The molecule has 2 aromatic heterocycles. The van der Waals surface area contributed by atoms with Gasteiger partial charge in [-0.25, -0.2) is 0 Å². The van der Waals surface area contributed by atoms with Crippen molar-refractivity contribution in [3.05, 3.63) is 39.9 Å². The van der Waals surface area contributed by atoms with Crippen LogP contribution in [-0.2, 0) is 13.6 Å². The Morgan fingerprint density at radius 1 is 1.43 bits per heavy atom. The highest BCUT2D eigenvalue weighted by Crippen LogP contribution is 2.13. The summed E-state index contributed by atoms with van der Waals surface area (Å²) in [5.74, 6) is 0.263. The van der Waals surface area contributed by atoms with E-state index in [1.807, 2.05) is 42.4 Å². The monoisotopic (exact) mass is 352 g/mol. The third-order valence-corrected chi connectivity index (χ3v) is 3.84. The van der Waals surface area contributed by atoms with Crippen molar-refractivity contribution in [3.63, 3.8) is 0 Å². The molecular weight excluding hydrogens is 332 g/mol. The van der Waals surface area contributed by atoms with Crippen molar-refractivity contribution in [3.8, 4) is 0 Å². The molecule has 114 valence electrons. The molecule has 1 N–H and O–H groups in total. The molecule has 1 unspecified atom stereocenters. The summed E-state index contributed by atoms with van der Waals surface area (Å²) < 4.78 is 4.71. The minimum Gasteiger partial charge on any atom is -0.350 e. The van der Waals surface area contributed by atoms with Gasteiger partial charge in [0, 0.05) is 36.5 Å². The first kappa shape index (κ1) is 15.8. The number of rotatable bonds is 5. The number of carbonyl (C=O) groups excluding carboxylic acids is 1. The Kier molecular flexibility index (Phi) is 4.88. The van der Waals surface area contributed by atoms with E-state index in [2.05, 4.69) is 39.3 Å². The molecule has 5 nitrogen and oxygen atoms in total. The van der Waals surface area contributed by atoms with Gasteiger partial charge in [0.25, 0.3) is 5.91 Å². The number of aryl methyl sites for hydroxylation is 3. The van der Waals surface area contributed by atoms with Crippen molar-refractivity contribution in [2.24, 2.45) is 13.0 Å². The van der Waals surface area contributed by atoms with Gasteiger partial charge in [0.1, 0.15) is 5.69 Å². The number of nitrogens with one attached hydrogen (secondary N) is 1. The lowest BCUT2D eigenvalue weighted by Crippen LogP contribution is -2.31. The molecule has 6 heteroatoms. The number of carbonyl (C=O) groups is 1. The van der Waals surface area contributed by atoms with Gasteiger partial charge in [-0.05, 0) is 47.8 Å². The second-order valence-electron chi connectivity index (χ2n) is 5.58. The van der Waals surface area contributed by atoms with E-state index in [0.29, 0.717) is 18.2 Å². The summed E-state index contributed by atoms with van der Waals surface area (Å²) in [6.07, 6.45) is 1.87. The molecule has 2 aromatic rings. The lowest BCUT2D eigenvalue weighted by molar-refractivity contribution is 0.0938. The fraction of sp³-hybridized carbons (Fsp3) is 0.467. The number of halogens is 1. The van der Waals surface area contributed by atoms with Gasteiger partial charge in [-0.1, -0.05) is 6.92 Å². The van der Waals surface area contributed by atoms with Crippen molar-refractivity contribution >= 4 is 21.8 Å². The SMILES string of the molecule is Cc1cc(C)n(CC(C)CNC(=O)c2cc(Br)cn2C)n1. The summed E-state index contributed by atoms with van der Waals surface area (Å²) in [6.45, 7) is 7.57. The van der Waals surface area contributed by atoms with Crippen LogP contribution in [0.3, 0.4) is 0 Å². The molecule has 1 amide bonds. The minimum atomic E-state index is -0.0524. The average Bonchev–Trinajstić information content (AvgIpc) is 2.89. The number of aromatic nitrogens is 3. The van der Waals surface area contributed by atoms with Crippen LogP contribution in [-0.4, -0.2) is 26.8 Å². The maximum absolute atomic E-state index is 12.1. The number of nitrogens with zero attached hydrogens (tertiary/aromatic N) is 3. The Bertz CT molecular complexity index is 644. The lowest BCUT2D eigenvalue weighted by Gasteiger charge is -2.14. The molecule has 0 bridgehead atoms. The largest absolute Gasteiger partial charge is 0.350 e. The zero-order valence-corrected chi connectivity index (χ0v) is 14.4. The van der Waals surface area contributed by atoms with Gasteiger partial charge in [-0.2, -0.15) is 5.10 Å². The first-order chi connectivity index (χ1) is 9.86. The maximum atomic E-state index is 12.1. The molecule has 0 aliphatic carbocycles. The molecule has 0 saturated heterocycles. The fourth-order valence-electron chi connectivity index (χ4n) is 2.33. The van der Waals surface area contributed by atoms with Crippen molar-refractivity contribution < 1.29 is 4.79 Å². The Morgan fingerprint density at radius 2 is 2.14 bits per heavy atom. The lowest BCUT2D eigenvalue weighted by atomic mass is 10.2. The van der Waals surface area contributed by atoms with Crippen LogP contribution in [0, 0.1) is 19.8 Å².